The summed E-state index contributed by atoms with van der Waals surface area (Å²) in [5.41, 5.74) is 1.71. The Morgan fingerprint density at radius 2 is 1.25 bits per heavy atom. The lowest BCUT2D eigenvalue weighted by Gasteiger charge is -2.38. The van der Waals surface area contributed by atoms with Crippen LogP contribution in [0.5, 0.6) is 0 Å². The molecule has 0 aliphatic carbocycles. The molecule has 2 aromatic carbocycles. The molecule has 2 unspecified atom stereocenters. The van der Waals surface area contributed by atoms with Gasteiger partial charge in [0.1, 0.15) is 0 Å². The predicted molar refractivity (Wildman–Crippen MR) is 123 cm³/mol. The molecule has 2 atom stereocenters. The van der Waals surface area contributed by atoms with Crippen molar-refractivity contribution in [3.8, 4) is 0 Å². The minimum Gasteiger partial charge on any atom is -0.297 e. The molecule has 5 heteroatoms. The molecule has 148 valence electrons. The van der Waals surface area contributed by atoms with Gasteiger partial charge in [-0.1, -0.05) is 97.7 Å². The predicted octanol–water partition coefficient (Wildman–Crippen LogP) is 7.72. The molecule has 2 nitrogen and oxygen atoms in total. The van der Waals surface area contributed by atoms with Crippen LogP contribution < -0.4 is 0 Å². The van der Waals surface area contributed by atoms with Crippen molar-refractivity contribution in [2.24, 2.45) is 11.8 Å². The Labute approximate surface area is 178 Å². The summed E-state index contributed by atoms with van der Waals surface area (Å²) in [5, 5.41) is 0.979. The van der Waals surface area contributed by atoms with E-state index in [1.54, 1.807) is 11.6 Å². The van der Waals surface area contributed by atoms with E-state index >= 15 is 0 Å². The van der Waals surface area contributed by atoms with Gasteiger partial charge >= 0.3 is 0 Å². The van der Waals surface area contributed by atoms with Crippen LogP contribution in [0.15, 0.2) is 72.3 Å². The fourth-order valence-corrected chi connectivity index (χ4v) is 7.26. The Balaban J connectivity index is 2.04. The van der Waals surface area contributed by atoms with Gasteiger partial charge in [0.15, 0.2) is 7.29 Å². The molecular formula is C23H26Cl2NOP. The van der Waals surface area contributed by atoms with Crippen molar-refractivity contribution < 1.29 is 4.57 Å². The molecule has 1 saturated heterocycles. The van der Waals surface area contributed by atoms with Gasteiger partial charge in [-0.25, -0.2) is 4.67 Å². The molecule has 28 heavy (non-hydrogen) atoms. The maximum absolute atomic E-state index is 14.2. The summed E-state index contributed by atoms with van der Waals surface area (Å²) in [4.78, 5) is 0. The van der Waals surface area contributed by atoms with E-state index in [1.807, 2.05) is 60.7 Å². The topological polar surface area (TPSA) is 20.3 Å². The van der Waals surface area contributed by atoms with Crippen LogP contribution in [0.3, 0.4) is 0 Å². The molecule has 1 aliphatic rings. The highest BCUT2D eigenvalue weighted by Gasteiger charge is 2.33. The standard InChI is InChI=1S/C23H26Cl2NOP/c1-18-13-19(2)15-26(14-18)28(27,16-22(24)20-9-5-3-6-10-20)17-23(25)21-11-7-4-8-12-21/h3-12,16-19H,13-15H2,1-2H3. The minimum atomic E-state index is -3.07. The molecule has 2 aromatic rings. The number of rotatable bonds is 5. The summed E-state index contributed by atoms with van der Waals surface area (Å²) in [6.07, 6.45) is 1.14. The van der Waals surface area contributed by atoms with Gasteiger partial charge in [0.05, 0.1) is 10.1 Å². The van der Waals surface area contributed by atoms with Crippen LogP contribution in [0, 0.1) is 11.8 Å². The molecule has 0 spiro atoms. The van der Waals surface area contributed by atoms with Gasteiger partial charge < -0.3 is 0 Å². The number of halogens is 2. The third kappa shape index (κ3) is 5.39. The number of hydrogen-bond donors (Lipinski definition) is 0. The van der Waals surface area contributed by atoms with Gasteiger partial charge in [0.25, 0.3) is 0 Å². The molecule has 0 amide bonds. The first kappa shape index (κ1) is 21.4. The van der Waals surface area contributed by atoms with E-state index in [0.29, 0.717) is 21.9 Å². The molecule has 0 aromatic heterocycles. The third-order valence-corrected chi connectivity index (χ3v) is 8.41. The van der Waals surface area contributed by atoms with E-state index in [2.05, 4.69) is 18.5 Å². The van der Waals surface area contributed by atoms with Gasteiger partial charge in [-0.15, -0.1) is 0 Å². The Morgan fingerprint density at radius 3 is 1.64 bits per heavy atom. The van der Waals surface area contributed by atoms with Crippen molar-refractivity contribution in [1.82, 2.24) is 4.67 Å². The number of piperidine rings is 1. The number of benzene rings is 2. The second kappa shape index (κ2) is 9.46. The molecule has 0 N–H and O–H groups in total. The van der Waals surface area contributed by atoms with Crippen molar-refractivity contribution >= 4 is 40.6 Å². The first-order valence-electron chi connectivity index (χ1n) is 9.60. The highest BCUT2D eigenvalue weighted by molar-refractivity contribution is 7.68. The second-order valence-corrected chi connectivity index (χ2v) is 10.9. The Kier molecular flexibility index (Phi) is 7.23. The Morgan fingerprint density at radius 1 is 0.857 bits per heavy atom. The van der Waals surface area contributed by atoms with Crippen LogP contribution in [0.2, 0.25) is 0 Å². The van der Waals surface area contributed by atoms with Crippen LogP contribution in [0.25, 0.3) is 10.1 Å². The summed E-state index contributed by atoms with van der Waals surface area (Å²) in [5.74, 6) is 4.37. The zero-order chi connectivity index (χ0) is 20.1. The fraction of sp³-hybridized carbons (Fsp3) is 0.304. The molecule has 3 rings (SSSR count). The van der Waals surface area contributed by atoms with E-state index < -0.39 is 7.29 Å². The largest absolute Gasteiger partial charge is 0.297 e. The lowest BCUT2D eigenvalue weighted by atomic mass is 9.94. The lowest BCUT2D eigenvalue weighted by molar-refractivity contribution is 0.224. The van der Waals surface area contributed by atoms with Crippen LogP contribution >= 0.6 is 30.5 Å². The van der Waals surface area contributed by atoms with E-state index in [-0.39, 0.29) is 0 Å². The summed E-state index contributed by atoms with van der Waals surface area (Å²) in [6, 6.07) is 19.3. The molecule has 1 fully saturated rings. The molecule has 0 saturated carbocycles. The molecule has 1 aliphatic heterocycles. The third-order valence-electron chi connectivity index (χ3n) is 4.99. The summed E-state index contributed by atoms with van der Waals surface area (Å²) in [6.45, 7) is 5.95. The lowest BCUT2D eigenvalue weighted by Crippen LogP contribution is -2.35. The first-order chi connectivity index (χ1) is 13.4. The Bertz CT molecular complexity index is 826. The zero-order valence-corrected chi connectivity index (χ0v) is 18.7. The van der Waals surface area contributed by atoms with Crippen molar-refractivity contribution in [3.05, 3.63) is 83.4 Å². The van der Waals surface area contributed by atoms with Crippen molar-refractivity contribution in [2.45, 2.75) is 20.3 Å². The average molecular weight is 434 g/mol. The maximum atomic E-state index is 14.2. The first-order valence-corrected chi connectivity index (χ1v) is 12.1. The van der Waals surface area contributed by atoms with Gasteiger partial charge in [-0.2, -0.15) is 0 Å². The number of hydrogen-bond acceptors (Lipinski definition) is 1. The highest BCUT2D eigenvalue weighted by Crippen LogP contribution is 2.58. The smallest absolute Gasteiger partial charge is 0.196 e. The van der Waals surface area contributed by atoms with Crippen molar-refractivity contribution in [3.63, 3.8) is 0 Å². The van der Waals surface area contributed by atoms with Crippen LogP contribution in [-0.4, -0.2) is 17.8 Å². The van der Waals surface area contributed by atoms with E-state index in [0.717, 1.165) is 30.6 Å². The minimum absolute atomic E-state index is 0.477. The SMILES string of the molecule is CC1CC(C)CN(P(=O)(C=C(Cl)c2ccccc2)C=C(Cl)c2ccccc2)C1. The van der Waals surface area contributed by atoms with Gasteiger partial charge in [0, 0.05) is 24.7 Å². The highest BCUT2D eigenvalue weighted by atomic mass is 35.5. The summed E-state index contributed by atoms with van der Waals surface area (Å²) >= 11 is 13.2. The summed E-state index contributed by atoms with van der Waals surface area (Å²) in [7, 11) is -3.07. The molecule has 1 heterocycles. The Hall–Kier alpha value is -1.31. The number of nitrogens with zero attached hydrogens (tertiary/aromatic N) is 1. The maximum Gasteiger partial charge on any atom is 0.196 e. The van der Waals surface area contributed by atoms with Crippen LogP contribution in [0.1, 0.15) is 31.4 Å². The second-order valence-electron chi connectivity index (χ2n) is 7.68. The van der Waals surface area contributed by atoms with Gasteiger partial charge in [-0.05, 0) is 29.4 Å². The van der Waals surface area contributed by atoms with Crippen LogP contribution in [0.4, 0.5) is 0 Å². The van der Waals surface area contributed by atoms with Crippen LogP contribution in [-0.2, 0) is 4.57 Å². The molecular weight excluding hydrogens is 408 g/mol. The van der Waals surface area contributed by atoms with E-state index in [1.165, 1.54) is 0 Å². The molecule has 0 radical (unpaired) electrons. The van der Waals surface area contributed by atoms with Gasteiger partial charge in [-0.3, -0.25) is 4.57 Å². The fourth-order valence-electron chi connectivity index (χ4n) is 3.75. The van der Waals surface area contributed by atoms with Crippen molar-refractivity contribution in [2.75, 3.05) is 13.1 Å². The van der Waals surface area contributed by atoms with Crippen molar-refractivity contribution in [1.29, 1.82) is 0 Å². The zero-order valence-electron chi connectivity index (χ0n) is 16.3. The monoisotopic (exact) mass is 433 g/mol. The average Bonchev–Trinajstić information content (AvgIpc) is 2.68. The molecule has 0 bridgehead atoms. The van der Waals surface area contributed by atoms with E-state index in [9.17, 15) is 4.57 Å². The summed E-state index contributed by atoms with van der Waals surface area (Å²) < 4.78 is 16.3. The van der Waals surface area contributed by atoms with E-state index in [4.69, 9.17) is 23.2 Å². The quantitative estimate of drug-likeness (QED) is 0.449. The normalized spacial score (nSPS) is 24.0. The van der Waals surface area contributed by atoms with Gasteiger partial charge in [0.2, 0.25) is 0 Å².